The van der Waals surface area contributed by atoms with Gasteiger partial charge in [0.1, 0.15) is 5.75 Å². The monoisotopic (exact) mass is 389 g/mol. The van der Waals surface area contributed by atoms with Crippen LogP contribution in [0.3, 0.4) is 0 Å². The molecule has 3 N–H and O–H groups in total. The van der Waals surface area contributed by atoms with Crippen molar-refractivity contribution in [3.05, 3.63) is 60.2 Å². The molecule has 3 amide bonds. The molecule has 0 fully saturated rings. The smallest absolute Gasteiger partial charge is 0.265 e. The van der Waals surface area contributed by atoms with Gasteiger partial charge < -0.3 is 20.7 Å². The number of hydrogen-bond acceptors (Lipinski definition) is 4. The summed E-state index contributed by atoms with van der Waals surface area (Å²) in [5.41, 5.74) is 1.75. The van der Waals surface area contributed by atoms with E-state index in [1.54, 1.807) is 37.3 Å². The molecule has 0 radical (unpaired) electrons. The van der Waals surface area contributed by atoms with Crippen molar-refractivity contribution in [1.82, 2.24) is 0 Å². The normalized spacial score (nSPS) is 15.1. The zero-order valence-electron chi connectivity index (χ0n) is 15.9. The molecule has 1 heterocycles. The molecule has 1 atom stereocenters. The first kappa shape index (κ1) is 18.5. The molecule has 0 aliphatic carbocycles. The fraction of sp³-hybridized carbons (Fsp3) is 0.136. The summed E-state index contributed by atoms with van der Waals surface area (Å²) in [7, 11) is 0. The Balaban J connectivity index is 1.66. The maximum absolute atomic E-state index is 13.0. The second-order valence-corrected chi connectivity index (χ2v) is 6.84. The van der Waals surface area contributed by atoms with Gasteiger partial charge in [0.15, 0.2) is 6.10 Å². The van der Waals surface area contributed by atoms with Gasteiger partial charge in [-0.1, -0.05) is 24.3 Å². The zero-order chi connectivity index (χ0) is 20.5. The average Bonchev–Trinajstić information content (AvgIpc) is 2.68. The van der Waals surface area contributed by atoms with Crippen LogP contribution in [0.1, 0.15) is 24.2 Å². The lowest BCUT2D eigenvalue weighted by molar-refractivity contribution is -0.122. The fourth-order valence-electron chi connectivity index (χ4n) is 3.21. The SMILES string of the molecule is CC(=O)Nc1cc2ccccc2cc1C(=O)Nc1ccc2c(c1)NC(=O)[C@@H](C)O2. The minimum atomic E-state index is -0.569. The van der Waals surface area contributed by atoms with Crippen LogP contribution in [0.5, 0.6) is 5.75 Å². The Hall–Kier alpha value is -3.87. The van der Waals surface area contributed by atoms with Crippen molar-refractivity contribution in [1.29, 1.82) is 0 Å². The Kier molecular flexibility index (Phi) is 4.64. The number of fused-ring (bicyclic) bond motifs is 2. The van der Waals surface area contributed by atoms with Crippen LogP contribution in [0, 0.1) is 0 Å². The van der Waals surface area contributed by atoms with Crippen molar-refractivity contribution >= 4 is 45.6 Å². The molecule has 0 saturated carbocycles. The van der Waals surface area contributed by atoms with Crippen LogP contribution in [0.4, 0.5) is 17.1 Å². The van der Waals surface area contributed by atoms with Crippen LogP contribution in [0.25, 0.3) is 10.8 Å². The first-order valence-electron chi connectivity index (χ1n) is 9.14. The Morgan fingerprint density at radius 1 is 1.00 bits per heavy atom. The topological polar surface area (TPSA) is 96.5 Å². The van der Waals surface area contributed by atoms with Crippen LogP contribution in [-0.2, 0) is 9.59 Å². The van der Waals surface area contributed by atoms with Crippen molar-refractivity contribution < 1.29 is 19.1 Å². The average molecular weight is 389 g/mol. The summed E-state index contributed by atoms with van der Waals surface area (Å²) in [4.78, 5) is 36.4. The predicted octanol–water partition coefficient (Wildman–Crippen LogP) is 3.77. The molecule has 4 rings (SSSR count). The largest absolute Gasteiger partial charge is 0.479 e. The van der Waals surface area contributed by atoms with E-state index in [0.29, 0.717) is 28.4 Å². The number of carbonyl (C=O) groups is 3. The number of ether oxygens (including phenoxy) is 1. The van der Waals surface area contributed by atoms with Crippen LogP contribution in [0.15, 0.2) is 54.6 Å². The van der Waals surface area contributed by atoms with E-state index in [0.717, 1.165) is 10.8 Å². The third-order valence-corrected chi connectivity index (χ3v) is 4.61. The number of nitrogens with one attached hydrogen (secondary N) is 3. The van der Waals surface area contributed by atoms with E-state index in [-0.39, 0.29) is 17.7 Å². The molecular weight excluding hydrogens is 370 g/mol. The molecule has 0 spiro atoms. The van der Waals surface area contributed by atoms with Crippen molar-refractivity contribution in [3.63, 3.8) is 0 Å². The standard InChI is InChI=1S/C22H19N3O4/c1-12-21(27)25-19-11-16(7-8-20(19)29-12)24-22(28)17-9-14-5-3-4-6-15(14)10-18(17)23-13(2)26/h3-12H,1-2H3,(H,23,26)(H,24,28)(H,25,27)/t12-/m1/s1. The van der Waals surface area contributed by atoms with E-state index < -0.39 is 6.10 Å². The van der Waals surface area contributed by atoms with Gasteiger partial charge >= 0.3 is 0 Å². The number of carbonyl (C=O) groups excluding carboxylic acids is 3. The Bertz CT molecular complexity index is 1160. The molecule has 29 heavy (non-hydrogen) atoms. The van der Waals surface area contributed by atoms with Crippen LogP contribution in [0.2, 0.25) is 0 Å². The zero-order valence-corrected chi connectivity index (χ0v) is 15.9. The molecule has 1 aliphatic heterocycles. The first-order valence-corrected chi connectivity index (χ1v) is 9.14. The van der Waals surface area contributed by atoms with Gasteiger partial charge in [0.05, 0.1) is 16.9 Å². The predicted molar refractivity (Wildman–Crippen MR) is 111 cm³/mol. The Morgan fingerprint density at radius 2 is 1.72 bits per heavy atom. The lowest BCUT2D eigenvalue weighted by Crippen LogP contribution is -2.34. The highest BCUT2D eigenvalue weighted by molar-refractivity contribution is 6.13. The number of anilines is 3. The molecule has 0 unspecified atom stereocenters. The summed E-state index contributed by atoms with van der Waals surface area (Å²) in [6.07, 6.45) is -0.569. The molecule has 0 bridgehead atoms. The van der Waals surface area contributed by atoms with E-state index in [1.807, 2.05) is 24.3 Å². The van der Waals surface area contributed by atoms with Crippen molar-refractivity contribution in [3.8, 4) is 5.75 Å². The van der Waals surface area contributed by atoms with Gasteiger partial charge in [-0.05, 0) is 48.0 Å². The number of hydrogen-bond donors (Lipinski definition) is 3. The number of rotatable bonds is 3. The molecule has 1 aliphatic rings. The van der Waals surface area contributed by atoms with Gasteiger partial charge in [-0.15, -0.1) is 0 Å². The second kappa shape index (κ2) is 7.27. The summed E-state index contributed by atoms with van der Waals surface area (Å²) in [6.45, 7) is 3.06. The highest BCUT2D eigenvalue weighted by atomic mass is 16.5. The van der Waals surface area contributed by atoms with E-state index >= 15 is 0 Å². The summed E-state index contributed by atoms with van der Waals surface area (Å²) >= 11 is 0. The van der Waals surface area contributed by atoms with Crippen molar-refractivity contribution in [2.24, 2.45) is 0 Å². The minimum absolute atomic E-state index is 0.247. The molecule has 146 valence electrons. The summed E-state index contributed by atoms with van der Waals surface area (Å²) in [6, 6.07) is 16.1. The van der Waals surface area contributed by atoms with Gasteiger partial charge in [-0.3, -0.25) is 14.4 Å². The molecule has 0 aromatic heterocycles. The maximum atomic E-state index is 13.0. The van der Waals surface area contributed by atoms with E-state index in [9.17, 15) is 14.4 Å². The summed E-state index contributed by atoms with van der Waals surface area (Å²) < 4.78 is 5.53. The second-order valence-electron chi connectivity index (χ2n) is 6.84. The van der Waals surface area contributed by atoms with Gasteiger partial charge in [0.2, 0.25) is 5.91 Å². The third-order valence-electron chi connectivity index (χ3n) is 4.61. The Labute approximate surface area is 167 Å². The van der Waals surface area contributed by atoms with Crippen molar-refractivity contribution in [2.45, 2.75) is 20.0 Å². The molecular formula is C22H19N3O4. The molecule has 3 aromatic rings. The third kappa shape index (κ3) is 3.75. The quantitative estimate of drug-likeness (QED) is 0.635. The summed E-state index contributed by atoms with van der Waals surface area (Å²) in [5, 5.41) is 10.1. The van der Waals surface area contributed by atoms with Gasteiger partial charge in [0.25, 0.3) is 11.8 Å². The molecule has 3 aromatic carbocycles. The molecule has 0 saturated heterocycles. The van der Waals surface area contributed by atoms with E-state index in [4.69, 9.17) is 4.74 Å². The van der Waals surface area contributed by atoms with Crippen LogP contribution < -0.4 is 20.7 Å². The van der Waals surface area contributed by atoms with Crippen LogP contribution in [-0.4, -0.2) is 23.8 Å². The van der Waals surface area contributed by atoms with Crippen molar-refractivity contribution in [2.75, 3.05) is 16.0 Å². The fourth-order valence-corrected chi connectivity index (χ4v) is 3.21. The molecule has 7 nitrogen and oxygen atoms in total. The number of amides is 3. The van der Waals surface area contributed by atoms with Gasteiger partial charge in [-0.2, -0.15) is 0 Å². The van der Waals surface area contributed by atoms with Gasteiger partial charge in [-0.25, -0.2) is 0 Å². The lowest BCUT2D eigenvalue weighted by Gasteiger charge is -2.23. The highest BCUT2D eigenvalue weighted by Gasteiger charge is 2.24. The van der Waals surface area contributed by atoms with Gasteiger partial charge in [0, 0.05) is 12.6 Å². The first-order chi connectivity index (χ1) is 13.9. The van der Waals surface area contributed by atoms with E-state index in [2.05, 4.69) is 16.0 Å². The lowest BCUT2D eigenvalue weighted by atomic mass is 10.0. The maximum Gasteiger partial charge on any atom is 0.265 e. The number of benzene rings is 3. The Morgan fingerprint density at radius 3 is 2.45 bits per heavy atom. The summed E-state index contributed by atoms with van der Waals surface area (Å²) in [5.74, 6) is -0.351. The van der Waals surface area contributed by atoms with Crippen LogP contribution >= 0.6 is 0 Å². The van der Waals surface area contributed by atoms with E-state index in [1.165, 1.54) is 6.92 Å². The minimum Gasteiger partial charge on any atom is -0.479 e. The highest BCUT2D eigenvalue weighted by Crippen LogP contribution is 2.33. The molecule has 7 heteroatoms.